The zero-order valence-corrected chi connectivity index (χ0v) is 24.8. The largest absolute Gasteiger partial charge is 0.355 e. The summed E-state index contributed by atoms with van der Waals surface area (Å²) >= 11 is 6.71. The van der Waals surface area contributed by atoms with Crippen LogP contribution in [0.15, 0.2) is 54.0 Å². The summed E-state index contributed by atoms with van der Waals surface area (Å²) < 4.78 is 30.6. The minimum absolute atomic E-state index is 0. The van der Waals surface area contributed by atoms with Crippen molar-refractivity contribution >= 4 is 34.4 Å². The summed E-state index contributed by atoms with van der Waals surface area (Å²) in [4.78, 5) is 43.9. The zero-order chi connectivity index (χ0) is 30.5. The second-order valence-electron chi connectivity index (χ2n) is 10.9. The zero-order valence-electron chi connectivity index (χ0n) is 24.0. The van der Waals surface area contributed by atoms with Gasteiger partial charge in [-0.3, -0.25) is 9.78 Å². The van der Waals surface area contributed by atoms with Crippen LogP contribution in [0.5, 0.6) is 0 Å². The Labute approximate surface area is 254 Å². The molecule has 4 heterocycles. The van der Waals surface area contributed by atoms with Crippen molar-refractivity contribution in [2.75, 3.05) is 18.0 Å². The van der Waals surface area contributed by atoms with E-state index in [2.05, 4.69) is 16.5 Å². The highest BCUT2D eigenvalue weighted by Crippen LogP contribution is 2.36. The van der Waals surface area contributed by atoms with Crippen molar-refractivity contribution in [3.63, 3.8) is 0 Å². The Bertz CT molecular complexity index is 1790. The molecule has 1 amide bonds. The number of rotatable bonds is 5. The van der Waals surface area contributed by atoms with Gasteiger partial charge in [0.25, 0.3) is 0 Å². The maximum atomic E-state index is 15.0. The van der Waals surface area contributed by atoms with Crippen molar-refractivity contribution in [2.24, 2.45) is 0 Å². The Morgan fingerprint density at radius 1 is 1.12 bits per heavy atom. The first-order valence-electron chi connectivity index (χ1n) is 13.7. The fraction of sp³-hybridized carbons (Fsp3) is 0.344. The standard InChI is InChI=1S/C31H31ClF2N6O2.CH4/c1-7-25(41)38-14-19(6)39(15-18(38)5)29-22-13-23(32)27(21-12-20(33)8-9-24(21)34)36-30(22)40(31(42)37-29)28-17(4)10-11-35-26(28)16(2)3;/h7-13,16,18-19H,1,14-15H2,2-6H3;1H4/t18-,19+;/m1./s1. The normalized spacial score (nSPS) is 16.9. The molecular weight excluding hydrogens is 574 g/mol. The molecule has 2 atom stereocenters. The van der Waals surface area contributed by atoms with Gasteiger partial charge in [0.15, 0.2) is 5.65 Å². The van der Waals surface area contributed by atoms with E-state index >= 15 is 0 Å². The first-order valence-corrected chi connectivity index (χ1v) is 14.0. The van der Waals surface area contributed by atoms with Gasteiger partial charge in [0.1, 0.15) is 17.5 Å². The number of carbonyl (C=O) groups excluding carboxylic acids is 1. The van der Waals surface area contributed by atoms with Gasteiger partial charge in [-0.2, -0.15) is 4.98 Å². The number of aryl methyl sites for hydroxylation is 1. The first-order chi connectivity index (χ1) is 19.9. The van der Waals surface area contributed by atoms with Gasteiger partial charge in [0, 0.05) is 36.9 Å². The summed E-state index contributed by atoms with van der Waals surface area (Å²) in [5, 5.41) is 0.508. The Hall–Kier alpha value is -4.18. The van der Waals surface area contributed by atoms with Crippen LogP contribution in [0.1, 0.15) is 52.3 Å². The molecular formula is C32H35ClF2N6O2. The molecule has 3 aromatic heterocycles. The van der Waals surface area contributed by atoms with Crippen molar-refractivity contribution in [2.45, 2.75) is 60.0 Å². The molecule has 0 aliphatic carbocycles. The highest BCUT2D eigenvalue weighted by atomic mass is 35.5. The van der Waals surface area contributed by atoms with E-state index in [9.17, 15) is 18.4 Å². The van der Waals surface area contributed by atoms with E-state index in [0.717, 1.165) is 23.8 Å². The third-order valence-electron chi connectivity index (χ3n) is 7.63. The van der Waals surface area contributed by atoms with E-state index < -0.39 is 17.3 Å². The monoisotopic (exact) mass is 608 g/mol. The van der Waals surface area contributed by atoms with Crippen molar-refractivity contribution in [1.82, 2.24) is 24.4 Å². The SMILES string of the molecule is C.C=CC(=O)N1C[C@H](C)N(c2nc(=O)n(-c3c(C)ccnc3C(C)C)c3nc(-c4cc(F)ccc4F)c(Cl)cc23)C[C@H]1C. The number of nitrogens with zero attached hydrogens (tertiary/aromatic N) is 6. The van der Waals surface area contributed by atoms with Gasteiger partial charge in [-0.15, -0.1) is 0 Å². The molecule has 0 saturated carbocycles. The fourth-order valence-electron chi connectivity index (χ4n) is 5.52. The summed E-state index contributed by atoms with van der Waals surface area (Å²) in [5.41, 5.74) is 1.36. The van der Waals surface area contributed by atoms with Gasteiger partial charge in [-0.25, -0.2) is 23.1 Å². The second-order valence-corrected chi connectivity index (χ2v) is 11.3. The Morgan fingerprint density at radius 3 is 2.51 bits per heavy atom. The average molecular weight is 609 g/mol. The Balaban J connectivity index is 0.00000423. The third kappa shape index (κ3) is 5.63. The number of amides is 1. The van der Waals surface area contributed by atoms with Crippen LogP contribution in [0.4, 0.5) is 14.6 Å². The number of fused-ring (bicyclic) bond motifs is 1. The van der Waals surface area contributed by atoms with Crippen LogP contribution in [0, 0.1) is 18.6 Å². The van der Waals surface area contributed by atoms with Gasteiger partial charge in [0.2, 0.25) is 5.91 Å². The highest BCUT2D eigenvalue weighted by Gasteiger charge is 2.34. The molecule has 8 nitrogen and oxygen atoms in total. The third-order valence-corrected chi connectivity index (χ3v) is 7.91. The van der Waals surface area contributed by atoms with Crippen LogP contribution in [0.2, 0.25) is 5.02 Å². The van der Waals surface area contributed by atoms with E-state index in [1.165, 1.54) is 10.6 Å². The topological polar surface area (TPSA) is 84.2 Å². The number of pyridine rings is 2. The number of piperazine rings is 1. The number of anilines is 1. The average Bonchev–Trinajstić information content (AvgIpc) is 2.95. The van der Waals surface area contributed by atoms with Crippen molar-refractivity contribution < 1.29 is 13.6 Å². The van der Waals surface area contributed by atoms with Crippen LogP contribution in [0.25, 0.3) is 28.0 Å². The molecule has 0 bridgehead atoms. The van der Waals surface area contributed by atoms with E-state index in [1.54, 1.807) is 23.2 Å². The minimum Gasteiger partial charge on any atom is -0.349 e. The van der Waals surface area contributed by atoms with Gasteiger partial charge < -0.3 is 9.80 Å². The molecule has 0 spiro atoms. The molecule has 5 rings (SSSR count). The number of carbonyl (C=O) groups is 1. The van der Waals surface area contributed by atoms with Crippen LogP contribution in [0.3, 0.4) is 0 Å². The summed E-state index contributed by atoms with van der Waals surface area (Å²) in [6.07, 6.45) is 2.96. The molecule has 1 fully saturated rings. The molecule has 1 saturated heterocycles. The Kier molecular flexibility index (Phi) is 9.01. The lowest BCUT2D eigenvalue weighted by atomic mass is 10.0. The lowest BCUT2D eigenvalue weighted by molar-refractivity contribution is -0.128. The maximum absolute atomic E-state index is 15.0. The summed E-state index contributed by atoms with van der Waals surface area (Å²) in [6, 6.07) is 5.99. The maximum Gasteiger partial charge on any atom is 0.355 e. The quantitative estimate of drug-likeness (QED) is 0.242. The molecule has 43 heavy (non-hydrogen) atoms. The summed E-state index contributed by atoms with van der Waals surface area (Å²) in [5.74, 6) is -1.26. The van der Waals surface area contributed by atoms with Gasteiger partial charge in [-0.1, -0.05) is 39.5 Å². The van der Waals surface area contributed by atoms with Crippen LogP contribution < -0.4 is 10.6 Å². The second kappa shape index (κ2) is 12.2. The minimum atomic E-state index is -0.709. The summed E-state index contributed by atoms with van der Waals surface area (Å²) in [7, 11) is 0. The molecule has 4 aromatic rings. The van der Waals surface area contributed by atoms with Crippen molar-refractivity contribution in [1.29, 1.82) is 0 Å². The van der Waals surface area contributed by atoms with Crippen LogP contribution >= 0.6 is 11.6 Å². The van der Waals surface area contributed by atoms with E-state index in [4.69, 9.17) is 16.6 Å². The smallest absolute Gasteiger partial charge is 0.349 e. The lowest BCUT2D eigenvalue weighted by Crippen LogP contribution is -2.58. The number of aromatic nitrogens is 4. The number of halogens is 3. The molecule has 0 N–H and O–H groups in total. The highest BCUT2D eigenvalue weighted by molar-refractivity contribution is 6.33. The van der Waals surface area contributed by atoms with Gasteiger partial charge in [-0.05, 0) is 68.7 Å². The molecule has 226 valence electrons. The van der Waals surface area contributed by atoms with Crippen LogP contribution in [-0.4, -0.2) is 55.5 Å². The first kappa shape index (κ1) is 31.7. The summed E-state index contributed by atoms with van der Waals surface area (Å²) in [6.45, 7) is 14.0. The predicted molar refractivity (Wildman–Crippen MR) is 167 cm³/mol. The molecule has 11 heteroatoms. The van der Waals surface area contributed by atoms with E-state index in [-0.39, 0.29) is 53.3 Å². The van der Waals surface area contributed by atoms with Gasteiger partial charge in [0.05, 0.1) is 27.5 Å². The molecule has 0 unspecified atom stereocenters. The number of hydrogen-bond donors (Lipinski definition) is 0. The van der Waals surface area contributed by atoms with E-state index in [0.29, 0.717) is 35.7 Å². The molecule has 1 aromatic carbocycles. The van der Waals surface area contributed by atoms with Crippen LogP contribution in [-0.2, 0) is 4.79 Å². The van der Waals surface area contributed by atoms with Crippen molar-refractivity contribution in [3.8, 4) is 16.9 Å². The predicted octanol–water partition coefficient (Wildman–Crippen LogP) is 6.45. The Morgan fingerprint density at radius 2 is 1.84 bits per heavy atom. The fourth-order valence-corrected chi connectivity index (χ4v) is 5.78. The van der Waals surface area contributed by atoms with Crippen molar-refractivity contribution in [3.05, 3.63) is 87.6 Å². The van der Waals surface area contributed by atoms with Gasteiger partial charge >= 0.3 is 5.69 Å². The molecule has 1 aliphatic heterocycles. The molecule has 0 radical (unpaired) electrons. The van der Waals surface area contributed by atoms with E-state index in [1.807, 2.05) is 39.5 Å². The number of hydrogen-bond acceptors (Lipinski definition) is 6. The number of benzene rings is 1. The molecule has 1 aliphatic rings. The lowest BCUT2D eigenvalue weighted by Gasteiger charge is -2.44.